The second-order valence-electron chi connectivity index (χ2n) is 13.0. The van der Waals surface area contributed by atoms with Crippen molar-refractivity contribution in [1.82, 2.24) is 14.8 Å². The van der Waals surface area contributed by atoms with Crippen molar-refractivity contribution in [2.24, 2.45) is 0 Å². The van der Waals surface area contributed by atoms with Crippen molar-refractivity contribution in [3.8, 4) is 11.1 Å². The lowest BCUT2D eigenvalue weighted by molar-refractivity contribution is -0.170. The van der Waals surface area contributed by atoms with Crippen molar-refractivity contribution in [2.45, 2.75) is 44.8 Å². The van der Waals surface area contributed by atoms with Gasteiger partial charge in [-0.05, 0) is 48.7 Å². The van der Waals surface area contributed by atoms with Crippen molar-refractivity contribution in [3.63, 3.8) is 0 Å². The van der Waals surface area contributed by atoms with E-state index < -0.39 is 36.4 Å². The SMILES string of the molecule is CCN(CC)C(=O)C(c1ccccc1)N1CCN(c2ccc(CC(=O)c3ccccc3-c3cccnc3)cc2F)CC1.O=C(O)CC(O)(CC(=O)O)C(=O)O. The number of piperazine rings is 1. The second kappa shape index (κ2) is 19.4. The Morgan fingerprint density at radius 3 is 1.98 bits per heavy atom. The largest absolute Gasteiger partial charge is 0.481 e. The van der Waals surface area contributed by atoms with Gasteiger partial charge in [0.15, 0.2) is 11.4 Å². The first-order valence-corrected chi connectivity index (χ1v) is 17.8. The van der Waals surface area contributed by atoms with Crippen molar-refractivity contribution >= 4 is 35.3 Å². The fourth-order valence-corrected chi connectivity index (χ4v) is 6.49. The van der Waals surface area contributed by atoms with Crippen LogP contribution in [0, 0.1) is 5.82 Å². The minimum atomic E-state index is -2.74. The zero-order valence-electron chi connectivity index (χ0n) is 30.7. The van der Waals surface area contributed by atoms with Crippen molar-refractivity contribution in [2.75, 3.05) is 44.2 Å². The van der Waals surface area contributed by atoms with Gasteiger partial charge in [0, 0.05) is 69.2 Å². The van der Waals surface area contributed by atoms with E-state index in [-0.39, 0.29) is 30.0 Å². The first kappa shape index (κ1) is 41.8. The molecule has 0 saturated carbocycles. The minimum absolute atomic E-state index is 0.0694. The van der Waals surface area contributed by atoms with E-state index in [0.717, 1.165) is 16.7 Å². The molecule has 1 aliphatic rings. The van der Waals surface area contributed by atoms with Crippen LogP contribution < -0.4 is 4.90 Å². The lowest BCUT2D eigenvalue weighted by Crippen LogP contribution is -2.52. The number of benzene rings is 3. The standard InChI is InChI=1S/C35H37FN4O2.C6H8O7/c1-3-38(4-2)35(42)34(27-11-6-5-7-12-27)40-21-19-39(20-22-40)32-17-16-26(23-31(32)36)24-33(41)30-15-9-8-14-29(30)28-13-10-18-37-25-28;7-3(8)1-6(13,5(11)12)2-4(9)10/h5-18,23,25,34H,3-4,19-22,24H2,1-2H3;13H,1-2H2,(H,7,8)(H,9,10)(H,11,12). The maximum absolute atomic E-state index is 15.4. The third kappa shape index (κ3) is 11.0. The van der Waals surface area contributed by atoms with E-state index in [4.69, 9.17) is 20.4 Å². The highest BCUT2D eigenvalue weighted by molar-refractivity contribution is 6.03. The van der Waals surface area contributed by atoms with E-state index in [2.05, 4.69) is 9.88 Å². The van der Waals surface area contributed by atoms with E-state index in [1.807, 2.05) is 96.4 Å². The molecular weight excluding hydrogens is 711 g/mol. The predicted molar refractivity (Wildman–Crippen MR) is 202 cm³/mol. The summed E-state index contributed by atoms with van der Waals surface area (Å²) < 4.78 is 15.4. The lowest BCUT2D eigenvalue weighted by Gasteiger charge is -2.41. The number of rotatable bonds is 15. The van der Waals surface area contributed by atoms with Gasteiger partial charge in [-0.25, -0.2) is 9.18 Å². The molecule has 1 saturated heterocycles. The highest BCUT2D eigenvalue weighted by atomic mass is 19.1. The molecule has 1 fully saturated rings. The molecule has 290 valence electrons. The van der Waals surface area contributed by atoms with Crippen LogP contribution in [0.15, 0.2) is 97.3 Å². The van der Waals surface area contributed by atoms with Gasteiger partial charge in [0.25, 0.3) is 0 Å². The highest BCUT2D eigenvalue weighted by Gasteiger charge is 2.41. The maximum Gasteiger partial charge on any atom is 0.336 e. The molecule has 1 atom stereocenters. The number of halogens is 1. The van der Waals surface area contributed by atoms with Crippen LogP contribution in [0.25, 0.3) is 11.1 Å². The van der Waals surface area contributed by atoms with Crippen molar-refractivity contribution in [1.29, 1.82) is 0 Å². The summed E-state index contributed by atoms with van der Waals surface area (Å²) in [4.78, 5) is 67.6. The maximum atomic E-state index is 15.4. The van der Waals surface area contributed by atoms with E-state index in [1.165, 1.54) is 6.07 Å². The normalized spacial score (nSPS) is 13.6. The van der Waals surface area contributed by atoms with Gasteiger partial charge in [-0.1, -0.05) is 66.7 Å². The number of hydrogen-bond donors (Lipinski definition) is 4. The number of carboxylic acids is 3. The van der Waals surface area contributed by atoms with Gasteiger partial charge in [0.05, 0.1) is 18.5 Å². The third-order valence-corrected chi connectivity index (χ3v) is 9.31. The molecule has 0 aliphatic carbocycles. The summed E-state index contributed by atoms with van der Waals surface area (Å²) in [6, 6.07) is 25.9. The van der Waals surface area contributed by atoms with Gasteiger partial charge < -0.3 is 30.2 Å². The number of nitrogens with zero attached hydrogens (tertiary/aromatic N) is 4. The molecule has 1 aromatic heterocycles. The molecular formula is C41H45FN4O9. The van der Waals surface area contributed by atoms with Gasteiger partial charge >= 0.3 is 17.9 Å². The number of anilines is 1. The quantitative estimate of drug-likeness (QED) is 0.122. The van der Waals surface area contributed by atoms with Gasteiger partial charge in [0.2, 0.25) is 5.91 Å². The monoisotopic (exact) mass is 756 g/mol. The average Bonchev–Trinajstić information content (AvgIpc) is 3.16. The predicted octanol–water partition coefficient (Wildman–Crippen LogP) is 4.80. The number of carbonyl (C=O) groups is 5. The molecule has 0 spiro atoms. The molecule has 14 heteroatoms. The van der Waals surface area contributed by atoms with Crippen LogP contribution in [0.1, 0.15) is 54.2 Å². The first-order valence-electron chi connectivity index (χ1n) is 17.8. The molecule has 13 nitrogen and oxygen atoms in total. The number of aliphatic hydroxyl groups is 1. The second-order valence-corrected chi connectivity index (χ2v) is 13.0. The summed E-state index contributed by atoms with van der Waals surface area (Å²) in [5.41, 5.74) is 1.68. The Bertz CT molecular complexity index is 1930. The molecule has 3 aromatic carbocycles. The Morgan fingerprint density at radius 1 is 0.818 bits per heavy atom. The fraction of sp³-hybridized carbons (Fsp3) is 0.317. The Labute approximate surface area is 318 Å². The van der Waals surface area contributed by atoms with E-state index in [1.54, 1.807) is 18.5 Å². The fourth-order valence-electron chi connectivity index (χ4n) is 6.49. The highest BCUT2D eigenvalue weighted by Crippen LogP contribution is 2.29. The molecule has 55 heavy (non-hydrogen) atoms. The van der Waals surface area contributed by atoms with Crippen LogP contribution in [-0.4, -0.2) is 110 Å². The van der Waals surface area contributed by atoms with Crippen LogP contribution >= 0.6 is 0 Å². The van der Waals surface area contributed by atoms with Crippen LogP contribution in [0.3, 0.4) is 0 Å². The Morgan fingerprint density at radius 2 is 1.44 bits per heavy atom. The molecule has 1 amide bonds. The molecule has 1 aliphatic heterocycles. The number of aromatic nitrogens is 1. The van der Waals surface area contributed by atoms with E-state index in [0.29, 0.717) is 56.1 Å². The Balaban J connectivity index is 0.000000444. The number of pyridine rings is 1. The minimum Gasteiger partial charge on any atom is -0.481 e. The molecule has 4 N–H and O–H groups in total. The summed E-state index contributed by atoms with van der Waals surface area (Å²) in [6.07, 6.45) is 1.26. The van der Waals surface area contributed by atoms with E-state index in [9.17, 15) is 24.0 Å². The number of Topliss-reactive ketones (excluding diaryl/α,β-unsaturated/α-hetero) is 1. The Kier molecular flexibility index (Phi) is 14.7. The number of ketones is 1. The molecule has 0 radical (unpaired) electrons. The van der Waals surface area contributed by atoms with Crippen LogP contribution in [0.5, 0.6) is 0 Å². The number of likely N-dealkylation sites (N-methyl/N-ethyl adjacent to an activating group) is 1. The van der Waals surface area contributed by atoms with Gasteiger partial charge in [-0.2, -0.15) is 0 Å². The van der Waals surface area contributed by atoms with Crippen LogP contribution in [-0.2, 0) is 25.6 Å². The zero-order chi connectivity index (χ0) is 40.1. The van der Waals surface area contributed by atoms with E-state index >= 15 is 4.39 Å². The number of carbonyl (C=O) groups excluding carboxylic acids is 2. The van der Waals surface area contributed by atoms with Crippen LogP contribution in [0.4, 0.5) is 10.1 Å². The van der Waals surface area contributed by atoms with Crippen molar-refractivity contribution < 1.29 is 48.8 Å². The molecule has 5 rings (SSSR count). The van der Waals surface area contributed by atoms with Gasteiger partial charge in [-0.3, -0.25) is 29.1 Å². The number of amides is 1. The lowest BCUT2D eigenvalue weighted by atomic mass is 9.95. The summed E-state index contributed by atoms with van der Waals surface area (Å²) >= 11 is 0. The van der Waals surface area contributed by atoms with Crippen molar-refractivity contribution in [3.05, 3.63) is 120 Å². The Hall–Kier alpha value is -5.99. The average molecular weight is 757 g/mol. The third-order valence-electron chi connectivity index (χ3n) is 9.31. The molecule has 4 aromatic rings. The number of hydrogen-bond acceptors (Lipinski definition) is 9. The number of aliphatic carboxylic acids is 3. The summed E-state index contributed by atoms with van der Waals surface area (Å²) in [5.74, 6) is -5.33. The summed E-state index contributed by atoms with van der Waals surface area (Å²) in [5, 5.41) is 33.8. The number of carboxylic acid groups (broad SMARTS) is 3. The summed E-state index contributed by atoms with van der Waals surface area (Å²) in [7, 11) is 0. The zero-order valence-corrected chi connectivity index (χ0v) is 30.7. The molecule has 1 unspecified atom stereocenters. The topological polar surface area (TPSA) is 189 Å². The molecule has 2 heterocycles. The van der Waals surface area contributed by atoms with Gasteiger partial charge in [0.1, 0.15) is 11.9 Å². The summed E-state index contributed by atoms with van der Waals surface area (Å²) in [6.45, 7) is 7.79. The van der Waals surface area contributed by atoms with Crippen LogP contribution in [0.2, 0.25) is 0 Å². The first-order chi connectivity index (χ1) is 26.3. The van der Waals surface area contributed by atoms with Gasteiger partial charge in [-0.15, -0.1) is 0 Å². The smallest absolute Gasteiger partial charge is 0.336 e. The molecule has 0 bridgehead atoms.